The van der Waals surface area contributed by atoms with Gasteiger partial charge in [-0.3, -0.25) is 14.4 Å². The van der Waals surface area contributed by atoms with E-state index in [-0.39, 0.29) is 31.0 Å². The average molecular weight is 432 g/mol. The molecule has 1 aliphatic carbocycles. The van der Waals surface area contributed by atoms with Crippen molar-refractivity contribution in [2.24, 2.45) is 5.41 Å². The molecule has 30 heavy (non-hydrogen) atoms. The van der Waals surface area contributed by atoms with Gasteiger partial charge in [0, 0.05) is 23.3 Å². The van der Waals surface area contributed by atoms with Crippen molar-refractivity contribution in [2.45, 2.75) is 58.3 Å². The highest BCUT2D eigenvalue weighted by molar-refractivity contribution is 7.16. The third kappa shape index (κ3) is 5.53. The molecule has 0 saturated heterocycles. The van der Waals surface area contributed by atoms with E-state index in [0.29, 0.717) is 10.6 Å². The van der Waals surface area contributed by atoms with E-state index in [4.69, 9.17) is 0 Å². The minimum atomic E-state index is -0.875. The molecule has 3 rings (SSSR count). The number of thiophene rings is 1. The first-order valence-electron chi connectivity index (χ1n) is 10.2. The van der Waals surface area contributed by atoms with Crippen molar-refractivity contribution >= 4 is 34.0 Å². The summed E-state index contributed by atoms with van der Waals surface area (Å²) in [5.41, 5.74) is 0.674. The summed E-state index contributed by atoms with van der Waals surface area (Å²) in [7, 11) is 0. The molecule has 1 fully saturated rings. The summed E-state index contributed by atoms with van der Waals surface area (Å²) in [6, 6.07) is 7.34. The molecule has 1 aliphatic rings. The van der Waals surface area contributed by atoms with Crippen molar-refractivity contribution in [3.8, 4) is 0 Å². The maximum Gasteiger partial charge on any atom is 0.303 e. The Bertz CT molecular complexity index is 929. The predicted octanol–water partition coefficient (Wildman–Crippen LogP) is 5.24. The molecule has 0 aliphatic heterocycles. The second kappa shape index (κ2) is 9.51. The highest BCUT2D eigenvalue weighted by Gasteiger charge is 2.38. The fraction of sp³-hybridized carbons (Fsp3) is 0.435. The van der Waals surface area contributed by atoms with E-state index in [1.807, 2.05) is 13.0 Å². The lowest BCUT2D eigenvalue weighted by molar-refractivity contribution is -0.140. The monoisotopic (exact) mass is 431 g/mol. The number of carboxylic acids is 1. The molecule has 0 radical (unpaired) electrons. The van der Waals surface area contributed by atoms with Crippen molar-refractivity contribution in [1.29, 1.82) is 0 Å². The molecular formula is C23H26FNO4S. The van der Waals surface area contributed by atoms with Crippen molar-refractivity contribution in [1.82, 2.24) is 0 Å². The van der Waals surface area contributed by atoms with Crippen LogP contribution in [0.3, 0.4) is 0 Å². The predicted molar refractivity (Wildman–Crippen MR) is 115 cm³/mol. The van der Waals surface area contributed by atoms with Gasteiger partial charge in [-0.1, -0.05) is 19.8 Å². The molecule has 0 atom stereocenters. The summed E-state index contributed by atoms with van der Waals surface area (Å²) in [5.74, 6) is -1.63. The molecule has 1 aromatic carbocycles. The number of benzene rings is 1. The van der Waals surface area contributed by atoms with Gasteiger partial charge in [-0.05, 0) is 60.6 Å². The SMILES string of the molecule is CCc1cc(CC(=O)c2ccc(F)cc2)c(NC(=O)CC2(CC(=O)O)CCCC2)s1. The largest absolute Gasteiger partial charge is 0.481 e. The average Bonchev–Trinajstić information content (AvgIpc) is 3.28. The summed E-state index contributed by atoms with van der Waals surface area (Å²) in [5, 5.41) is 12.8. The van der Waals surface area contributed by atoms with Gasteiger partial charge in [0.1, 0.15) is 5.82 Å². The van der Waals surface area contributed by atoms with Crippen LogP contribution in [-0.4, -0.2) is 22.8 Å². The second-order valence-electron chi connectivity index (χ2n) is 8.03. The second-order valence-corrected chi connectivity index (χ2v) is 9.17. The number of anilines is 1. The van der Waals surface area contributed by atoms with Gasteiger partial charge in [0.2, 0.25) is 5.91 Å². The topological polar surface area (TPSA) is 83.5 Å². The van der Waals surface area contributed by atoms with Gasteiger partial charge in [-0.25, -0.2) is 4.39 Å². The van der Waals surface area contributed by atoms with Gasteiger partial charge in [0.15, 0.2) is 5.78 Å². The highest BCUT2D eigenvalue weighted by Crippen LogP contribution is 2.44. The summed E-state index contributed by atoms with van der Waals surface area (Å²) in [6.45, 7) is 2.00. The minimum Gasteiger partial charge on any atom is -0.481 e. The molecule has 1 amide bonds. The number of hydrogen-bond donors (Lipinski definition) is 2. The van der Waals surface area contributed by atoms with Gasteiger partial charge in [-0.15, -0.1) is 11.3 Å². The summed E-state index contributed by atoms with van der Waals surface area (Å²) < 4.78 is 13.1. The Balaban J connectivity index is 1.73. The summed E-state index contributed by atoms with van der Waals surface area (Å²) >= 11 is 1.44. The van der Waals surface area contributed by atoms with Gasteiger partial charge < -0.3 is 10.4 Å². The first-order valence-corrected chi connectivity index (χ1v) is 11.0. The first kappa shape index (κ1) is 22.2. The Morgan fingerprint density at radius 3 is 2.40 bits per heavy atom. The first-order chi connectivity index (χ1) is 14.3. The molecule has 0 bridgehead atoms. The molecule has 0 spiro atoms. The molecule has 1 heterocycles. The Labute approximate surface area is 179 Å². The van der Waals surface area contributed by atoms with Crippen LogP contribution in [0.15, 0.2) is 30.3 Å². The molecule has 7 heteroatoms. The van der Waals surface area contributed by atoms with E-state index in [0.717, 1.165) is 42.5 Å². The van der Waals surface area contributed by atoms with Crippen LogP contribution in [0.25, 0.3) is 0 Å². The number of ketones is 1. The summed E-state index contributed by atoms with van der Waals surface area (Å²) in [4.78, 5) is 37.7. The maximum absolute atomic E-state index is 13.1. The fourth-order valence-electron chi connectivity index (χ4n) is 4.18. The Kier molecular flexibility index (Phi) is 7.02. The molecule has 160 valence electrons. The van der Waals surface area contributed by atoms with Crippen LogP contribution in [-0.2, 0) is 22.4 Å². The molecule has 1 aromatic heterocycles. The molecule has 1 saturated carbocycles. The quantitative estimate of drug-likeness (QED) is 0.532. The van der Waals surface area contributed by atoms with Crippen molar-refractivity contribution in [3.63, 3.8) is 0 Å². The number of halogens is 1. The molecular weight excluding hydrogens is 405 g/mol. The normalized spacial score (nSPS) is 15.1. The van der Waals surface area contributed by atoms with E-state index in [1.165, 1.54) is 35.6 Å². The number of aryl methyl sites for hydroxylation is 1. The molecule has 5 nitrogen and oxygen atoms in total. The molecule has 2 N–H and O–H groups in total. The van der Waals surface area contributed by atoms with Crippen molar-refractivity contribution in [2.75, 3.05) is 5.32 Å². The third-order valence-electron chi connectivity index (χ3n) is 5.70. The Morgan fingerprint density at radius 2 is 1.80 bits per heavy atom. The number of carboxylic acid groups (broad SMARTS) is 1. The van der Waals surface area contributed by atoms with Crippen LogP contribution < -0.4 is 5.32 Å². The number of rotatable bonds is 9. The van der Waals surface area contributed by atoms with E-state index in [9.17, 15) is 23.9 Å². The molecule has 0 unspecified atom stereocenters. The van der Waals surface area contributed by atoms with E-state index in [1.54, 1.807) is 0 Å². The van der Waals surface area contributed by atoms with Crippen LogP contribution in [0, 0.1) is 11.2 Å². The van der Waals surface area contributed by atoms with Gasteiger partial charge >= 0.3 is 5.97 Å². The maximum atomic E-state index is 13.1. The zero-order chi connectivity index (χ0) is 21.7. The van der Waals surface area contributed by atoms with Crippen molar-refractivity contribution in [3.05, 3.63) is 52.2 Å². The zero-order valence-electron chi connectivity index (χ0n) is 17.0. The molecule has 2 aromatic rings. The highest BCUT2D eigenvalue weighted by atomic mass is 32.1. The van der Waals surface area contributed by atoms with Crippen LogP contribution in [0.5, 0.6) is 0 Å². The van der Waals surface area contributed by atoms with Crippen LogP contribution >= 0.6 is 11.3 Å². The fourth-order valence-corrected chi connectivity index (χ4v) is 5.22. The Morgan fingerprint density at radius 1 is 1.13 bits per heavy atom. The van der Waals surface area contributed by atoms with Gasteiger partial charge in [0.05, 0.1) is 11.4 Å². The number of carbonyl (C=O) groups excluding carboxylic acids is 2. The lowest BCUT2D eigenvalue weighted by Crippen LogP contribution is -2.27. The number of amides is 1. The van der Waals surface area contributed by atoms with Crippen LogP contribution in [0.4, 0.5) is 9.39 Å². The number of nitrogens with one attached hydrogen (secondary N) is 1. The van der Waals surface area contributed by atoms with Gasteiger partial charge in [0.25, 0.3) is 0 Å². The van der Waals surface area contributed by atoms with Gasteiger partial charge in [-0.2, -0.15) is 0 Å². The number of hydrogen-bond acceptors (Lipinski definition) is 4. The van der Waals surface area contributed by atoms with E-state index < -0.39 is 17.2 Å². The number of carbonyl (C=O) groups is 3. The third-order valence-corrected chi connectivity index (χ3v) is 6.94. The van der Waals surface area contributed by atoms with Crippen molar-refractivity contribution < 1.29 is 23.9 Å². The minimum absolute atomic E-state index is 0.000973. The van der Waals surface area contributed by atoms with Crippen LogP contribution in [0.2, 0.25) is 0 Å². The Hall–Kier alpha value is -2.54. The lowest BCUT2D eigenvalue weighted by Gasteiger charge is -2.26. The van der Waals surface area contributed by atoms with Crippen LogP contribution in [0.1, 0.15) is 66.2 Å². The lowest BCUT2D eigenvalue weighted by atomic mass is 9.79. The van der Waals surface area contributed by atoms with E-state index in [2.05, 4.69) is 5.32 Å². The smallest absolute Gasteiger partial charge is 0.303 e. The zero-order valence-corrected chi connectivity index (χ0v) is 17.8. The summed E-state index contributed by atoms with van der Waals surface area (Å²) in [6.07, 6.45) is 4.43. The standard InChI is InChI=1S/C23H26FNO4S/c1-2-18-11-16(12-19(26)15-5-7-17(24)8-6-15)22(30-18)25-20(27)13-23(14-21(28)29)9-3-4-10-23/h5-8,11H,2-4,9-10,12-14H2,1H3,(H,25,27)(H,28,29). The number of Topliss-reactive ketones (excluding diaryl/α,β-unsaturated/α-hetero) is 1. The number of aliphatic carboxylic acids is 1. The van der Waals surface area contributed by atoms with E-state index >= 15 is 0 Å².